The summed E-state index contributed by atoms with van der Waals surface area (Å²) in [5.74, 6) is 0.519. The third-order valence-electron chi connectivity index (χ3n) is 8.74. The first kappa shape index (κ1) is 19.1. The topological polar surface area (TPSA) is 89.6 Å². The van der Waals surface area contributed by atoms with Crippen molar-refractivity contribution >= 4 is 12.3 Å². The number of carbonyl (C=O) groups is 2. The van der Waals surface area contributed by atoms with Crippen LogP contribution in [0.1, 0.15) is 46.5 Å². The van der Waals surface area contributed by atoms with Crippen molar-refractivity contribution in [3.63, 3.8) is 0 Å². The summed E-state index contributed by atoms with van der Waals surface area (Å²) >= 11 is 0. The van der Waals surface area contributed by atoms with E-state index in [-0.39, 0.29) is 17.8 Å². The van der Waals surface area contributed by atoms with E-state index in [1.165, 1.54) is 0 Å². The molecule has 0 aromatic rings. The van der Waals surface area contributed by atoms with Crippen molar-refractivity contribution in [1.82, 2.24) is 0 Å². The Morgan fingerprint density at radius 3 is 2.74 bits per heavy atom. The number of fused-ring (bicyclic) bond motifs is 2. The van der Waals surface area contributed by atoms with E-state index in [1.54, 1.807) is 0 Å². The van der Waals surface area contributed by atoms with E-state index in [2.05, 4.69) is 26.8 Å². The maximum absolute atomic E-state index is 13.1. The van der Waals surface area contributed by atoms with E-state index < -0.39 is 22.2 Å². The minimum absolute atomic E-state index is 0.103. The third kappa shape index (κ3) is 1.97. The Morgan fingerprint density at radius 2 is 2.15 bits per heavy atom. The predicted molar refractivity (Wildman–Crippen MR) is 102 cm³/mol. The second-order valence-corrected chi connectivity index (χ2v) is 9.83. The number of aldehydes is 1. The first-order chi connectivity index (χ1) is 12.8. The Hall–Kier alpha value is -1.20. The minimum atomic E-state index is -1.12. The molecule has 3 N–H and O–H groups in total. The lowest BCUT2D eigenvalue weighted by molar-refractivity contribution is -0.186. The molecular formula is C22H33NO4. The summed E-state index contributed by atoms with van der Waals surface area (Å²) < 4.78 is 5.96. The Kier molecular flexibility index (Phi) is 4.36. The smallest absolute Gasteiger partial charge is 0.315 e. The van der Waals surface area contributed by atoms with Crippen LogP contribution in [0.5, 0.6) is 0 Å². The van der Waals surface area contributed by atoms with Crippen LogP contribution >= 0.6 is 0 Å². The van der Waals surface area contributed by atoms with Crippen LogP contribution in [0.15, 0.2) is 11.6 Å². The number of carbonyl (C=O) groups excluding carboxylic acids is 1. The van der Waals surface area contributed by atoms with Gasteiger partial charge in [-0.1, -0.05) is 38.8 Å². The number of rotatable bonds is 7. The number of aliphatic carboxylic acids is 1. The van der Waals surface area contributed by atoms with E-state index in [0.29, 0.717) is 38.0 Å². The highest BCUT2D eigenvalue weighted by molar-refractivity contribution is 5.90. The lowest BCUT2D eigenvalue weighted by Crippen LogP contribution is -2.63. The van der Waals surface area contributed by atoms with Gasteiger partial charge in [-0.2, -0.15) is 0 Å². The molecule has 4 rings (SSSR count). The number of hydrogen-bond acceptors (Lipinski definition) is 4. The first-order valence-corrected chi connectivity index (χ1v) is 10.5. The summed E-state index contributed by atoms with van der Waals surface area (Å²) in [4.78, 5) is 25.9. The van der Waals surface area contributed by atoms with Crippen LogP contribution in [0.25, 0.3) is 0 Å². The van der Waals surface area contributed by atoms with Gasteiger partial charge in [-0.05, 0) is 48.9 Å². The fourth-order valence-corrected chi connectivity index (χ4v) is 7.97. The number of allylic oxidation sites excluding steroid dienone is 1. The van der Waals surface area contributed by atoms with Crippen molar-refractivity contribution in [3.8, 4) is 0 Å². The lowest BCUT2D eigenvalue weighted by atomic mass is 9.43. The molecule has 5 nitrogen and oxygen atoms in total. The molecule has 0 saturated heterocycles. The van der Waals surface area contributed by atoms with Gasteiger partial charge in [0, 0.05) is 12.0 Å². The molecule has 5 heteroatoms. The van der Waals surface area contributed by atoms with Gasteiger partial charge in [0.2, 0.25) is 0 Å². The maximum Gasteiger partial charge on any atom is 0.315 e. The summed E-state index contributed by atoms with van der Waals surface area (Å²) in [6, 6.07) is 0. The molecule has 4 bridgehead atoms. The standard InChI is InChI=1S/C22H33NO4/c1-13(2)18-8-15-9-20(11-24)17-5-4-14(3)16(17)10-21(15,12-27-7-6-23)22(18,20)19(25)26/h8,11,13-17H,4-7,9-10,12,23H2,1-3H3,(H,25,26)/t14-,15+,16-,17-,20-,21+,22+/m1/s1. The van der Waals surface area contributed by atoms with Gasteiger partial charge in [-0.15, -0.1) is 0 Å². The molecule has 150 valence electrons. The van der Waals surface area contributed by atoms with Crippen LogP contribution in [0.2, 0.25) is 0 Å². The number of ether oxygens (including phenoxy) is 1. The van der Waals surface area contributed by atoms with Gasteiger partial charge >= 0.3 is 5.97 Å². The zero-order valence-electron chi connectivity index (χ0n) is 16.7. The van der Waals surface area contributed by atoms with Crippen LogP contribution in [-0.4, -0.2) is 37.1 Å². The molecule has 0 aromatic heterocycles. The highest BCUT2D eigenvalue weighted by Crippen LogP contribution is 2.82. The molecule has 0 unspecified atom stereocenters. The van der Waals surface area contributed by atoms with Gasteiger partial charge < -0.3 is 20.4 Å². The van der Waals surface area contributed by atoms with Gasteiger partial charge in [-0.25, -0.2) is 0 Å². The third-order valence-corrected chi connectivity index (χ3v) is 8.74. The molecule has 4 aliphatic carbocycles. The van der Waals surface area contributed by atoms with Gasteiger partial charge in [0.25, 0.3) is 0 Å². The first-order valence-electron chi connectivity index (χ1n) is 10.5. The average molecular weight is 376 g/mol. The van der Waals surface area contributed by atoms with Gasteiger partial charge in [0.15, 0.2) is 0 Å². The largest absolute Gasteiger partial charge is 0.481 e. The second kappa shape index (κ2) is 6.15. The summed E-state index contributed by atoms with van der Waals surface area (Å²) in [5.41, 5.74) is 4.17. The molecule has 0 radical (unpaired) electrons. The Bertz CT molecular complexity index is 688. The Labute approximate surface area is 161 Å². The zero-order valence-corrected chi connectivity index (χ0v) is 16.7. The summed E-state index contributed by atoms with van der Waals surface area (Å²) in [6.07, 6.45) is 6.84. The van der Waals surface area contributed by atoms with Crippen LogP contribution in [-0.2, 0) is 14.3 Å². The Morgan fingerprint density at radius 1 is 1.41 bits per heavy atom. The van der Waals surface area contributed by atoms with Crippen molar-refractivity contribution in [2.45, 2.75) is 46.5 Å². The summed E-state index contributed by atoms with van der Waals surface area (Å²) in [7, 11) is 0. The quantitative estimate of drug-likeness (QED) is 0.406. The van der Waals surface area contributed by atoms with E-state index in [1.807, 2.05) is 0 Å². The monoisotopic (exact) mass is 375 g/mol. The molecule has 0 heterocycles. The van der Waals surface area contributed by atoms with Crippen molar-refractivity contribution in [3.05, 3.63) is 11.6 Å². The van der Waals surface area contributed by atoms with Crippen LogP contribution in [0, 0.1) is 45.8 Å². The SMILES string of the molecule is CC(C)C1=C[C@H]2C[C@@]3(C=O)[C@@H]4CC[C@@H](C)[C@H]4C[C@@]2(COCCN)[C@]13C(=O)O. The van der Waals surface area contributed by atoms with Crippen LogP contribution in [0.4, 0.5) is 0 Å². The molecule has 0 spiro atoms. The molecule has 3 saturated carbocycles. The molecule has 27 heavy (non-hydrogen) atoms. The van der Waals surface area contributed by atoms with Gasteiger partial charge in [-0.3, -0.25) is 4.79 Å². The minimum Gasteiger partial charge on any atom is -0.481 e. The van der Waals surface area contributed by atoms with Crippen molar-refractivity contribution in [2.75, 3.05) is 19.8 Å². The highest BCUT2D eigenvalue weighted by atomic mass is 16.5. The van der Waals surface area contributed by atoms with Crippen LogP contribution < -0.4 is 5.73 Å². The van der Waals surface area contributed by atoms with E-state index in [0.717, 1.165) is 31.1 Å². The number of hydrogen-bond donors (Lipinski definition) is 2. The number of carboxylic acid groups (broad SMARTS) is 1. The fourth-order valence-electron chi connectivity index (χ4n) is 7.97. The average Bonchev–Trinajstić information content (AvgIpc) is 3.19. The molecule has 0 aliphatic heterocycles. The molecule has 7 atom stereocenters. The van der Waals surface area contributed by atoms with Crippen molar-refractivity contribution < 1.29 is 19.4 Å². The molecule has 4 aliphatic rings. The van der Waals surface area contributed by atoms with Crippen molar-refractivity contribution in [2.24, 2.45) is 51.6 Å². The van der Waals surface area contributed by atoms with Crippen LogP contribution in [0.3, 0.4) is 0 Å². The molecule has 0 amide bonds. The number of carboxylic acids is 1. The normalized spacial score (nSPS) is 47.2. The predicted octanol–water partition coefficient (Wildman–Crippen LogP) is 2.89. The zero-order chi connectivity index (χ0) is 19.6. The Balaban J connectivity index is 1.94. The van der Waals surface area contributed by atoms with Gasteiger partial charge in [0.1, 0.15) is 11.7 Å². The second-order valence-electron chi connectivity index (χ2n) is 9.83. The molecule has 3 fully saturated rings. The molecular weight excluding hydrogens is 342 g/mol. The van der Waals surface area contributed by atoms with E-state index in [9.17, 15) is 14.7 Å². The fraction of sp³-hybridized carbons (Fsp3) is 0.818. The summed E-state index contributed by atoms with van der Waals surface area (Å²) in [6.45, 7) is 7.64. The van der Waals surface area contributed by atoms with E-state index in [4.69, 9.17) is 10.5 Å². The lowest BCUT2D eigenvalue weighted by Gasteiger charge is -2.58. The highest BCUT2D eigenvalue weighted by Gasteiger charge is 2.84. The maximum atomic E-state index is 13.1. The molecule has 0 aromatic carbocycles. The van der Waals surface area contributed by atoms with E-state index >= 15 is 0 Å². The summed E-state index contributed by atoms with van der Waals surface area (Å²) in [5, 5.41) is 10.7. The van der Waals surface area contributed by atoms with Gasteiger partial charge in [0.05, 0.1) is 18.6 Å². The van der Waals surface area contributed by atoms with Crippen molar-refractivity contribution in [1.29, 1.82) is 0 Å². The number of nitrogens with two attached hydrogens (primary N) is 1.